The van der Waals surface area contributed by atoms with E-state index < -0.39 is 0 Å². The summed E-state index contributed by atoms with van der Waals surface area (Å²) in [5.41, 5.74) is 0.837. The van der Waals surface area contributed by atoms with Crippen LogP contribution in [-0.2, 0) is 11.2 Å². The monoisotopic (exact) mass is 288 g/mol. The van der Waals surface area contributed by atoms with Gasteiger partial charge in [0.25, 0.3) is 0 Å². The Bertz CT molecular complexity index is 734. The van der Waals surface area contributed by atoms with Crippen LogP contribution in [0, 0.1) is 0 Å². The molecule has 0 bridgehead atoms. The molecule has 102 valence electrons. The minimum atomic E-state index is -0.147. The van der Waals surface area contributed by atoms with Crippen molar-refractivity contribution in [1.29, 1.82) is 0 Å². The topological polar surface area (TPSA) is 64.4 Å². The van der Waals surface area contributed by atoms with Crippen LogP contribution in [0.25, 0.3) is 10.2 Å². The lowest BCUT2D eigenvalue weighted by Gasteiger charge is -1.98. The normalized spacial score (nSPS) is 10.7. The molecule has 1 aromatic carbocycles. The van der Waals surface area contributed by atoms with Gasteiger partial charge in [0.15, 0.2) is 5.13 Å². The second-order valence-corrected chi connectivity index (χ2v) is 5.19. The predicted octanol–water partition coefficient (Wildman–Crippen LogP) is 3.08. The van der Waals surface area contributed by atoms with E-state index in [1.807, 2.05) is 18.2 Å². The Kier molecular flexibility index (Phi) is 3.39. The van der Waals surface area contributed by atoms with Gasteiger partial charge in [-0.3, -0.25) is 4.79 Å². The number of thiazole rings is 1. The number of aromatic nitrogens is 1. The SMILES string of the molecule is COc1ccc2nc(NC(=O)Cc3ccco3)sc2c1. The van der Waals surface area contributed by atoms with E-state index >= 15 is 0 Å². The van der Waals surface area contributed by atoms with E-state index in [1.165, 1.54) is 11.3 Å². The van der Waals surface area contributed by atoms with Gasteiger partial charge in [-0.1, -0.05) is 11.3 Å². The van der Waals surface area contributed by atoms with Crippen LogP contribution in [-0.4, -0.2) is 18.0 Å². The number of benzene rings is 1. The third-order valence-electron chi connectivity index (χ3n) is 2.76. The molecule has 0 aliphatic rings. The molecule has 0 atom stereocenters. The fraction of sp³-hybridized carbons (Fsp3) is 0.143. The third kappa shape index (κ3) is 2.65. The summed E-state index contributed by atoms with van der Waals surface area (Å²) in [5.74, 6) is 1.26. The molecule has 3 aromatic rings. The molecule has 0 spiro atoms. The molecule has 0 unspecified atom stereocenters. The molecule has 3 rings (SSSR count). The Hall–Kier alpha value is -2.34. The average Bonchev–Trinajstić information content (AvgIpc) is 3.06. The summed E-state index contributed by atoms with van der Waals surface area (Å²) in [7, 11) is 1.62. The lowest BCUT2D eigenvalue weighted by atomic mass is 10.3. The van der Waals surface area contributed by atoms with E-state index in [2.05, 4.69) is 10.3 Å². The molecule has 0 fully saturated rings. The summed E-state index contributed by atoms with van der Waals surface area (Å²) < 4.78 is 11.3. The van der Waals surface area contributed by atoms with Gasteiger partial charge >= 0.3 is 0 Å². The molecular formula is C14H12N2O3S. The summed E-state index contributed by atoms with van der Waals surface area (Å²) in [6, 6.07) is 9.13. The fourth-order valence-corrected chi connectivity index (χ4v) is 2.73. The summed E-state index contributed by atoms with van der Waals surface area (Å²) in [6.07, 6.45) is 1.75. The smallest absolute Gasteiger partial charge is 0.233 e. The minimum absolute atomic E-state index is 0.147. The molecule has 2 aromatic heterocycles. The number of nitrogens with one attached hydrogen (secondary N) is 1. The zero-order chi connectivity index (χ0) is 13.9. The highest BCUT2D eigenvalue weighted by molar-refractivity contribution is 7.22. The van der Waals surface area contributed by atoms with Gasteiger partial charge in [0.1, 0.15) is 11.5 Å². The first-order valence-corrected chi connectivity index (χ1v) is 6.83. The van der Waals surface area contributed by atoms with Crippen LogP contribution in [0.1, 0.15) is 5.76 Å². The Morgan fingerprint density at radius 2 is 2.35 bits per heavy atom. The van der Waals surface area contributed by atoms with Crippen molar-refractivity contribution in [3.05, 3.63) is 42.4 Å². The number of nitrogens with zero attached hydrogens (tertiary/aromatic N) is 1. The number of hydrogen-bond donors (Lipinski definition) is 1. The zero-order valence-electron chi connectivity index (χ0n) is 10.8. The van der Waals surface area contributed by atoms with Crippen molar-refractivity contribution >= 4 is 32.6 Å². The summed E-state index contributed by atoms with van der Waals surface area (Å²) in [4.78, 5) is 16.2. The third-order valence-corrected chi connectivity index (χ3v) is 3.69. The van der Waals surface area contributed by atoms with Gasteiger partial charge in [0.2, 0.25) is 5.91 Å². The lowest BCUT2D eigenvalue weighted by Crippen LogP contribution is -2.13. The number of carbonyl (C=O) groups is 1. The fourth-order valence-electron chi connectivity index (χ4n) is 1.82. The number of rotatable bonds is 4. The van der Waals surface area contributed by atoms with E-state index in [1.54, 1.807) is 25.5 Å². The number of furan rings is 1. The Balaban J connectivity index is 1.75. The maximum Gasteiger partial charge on any atom is 0.233 e. The Morgan fingerprint density at radius 1 is 1.45 bits per heavy atom. The molecule has 0 saturated carbocycles. The van der Waals surface area contributed by atoms with Crippen LogP contribution in [0.4, 0.5) is 5.13 Å². The van der Waals surface area contributed by atoms with Crippen molar-refractivity contribution in [2.75, 3.05) is 12.4 Å². The van der Waals surface area contributed by atoms with Gasteiger partial charge in [-0.25, -0.2) is 4.98 Å². The summed E-state index contributed by atoms with van der Waals surface area (Å²) in [6.45, 7) is 0. The van der Waals surface area contributed by atoms with Crippen LogP contribution in [0.15, 0.2) is 41.0 Å². The highest BCUT2D eigenvalue weighted by Crippen LogP contribution is 2.29. The molecule has 0 radical (unpaired) electrons. The summed E-state index contributed by atoms with van der Waals surface area (Å²) in [5, 5.41) is 3.35. The molecule has 0 saturated heterocycles. The van der Waals surface area contributed by atoms with E-state index in [0.717, 1.165) is 16.0 Å². The second kappa shape index (κ2) is 5.34. The van der Waals surface area contributed by atoms with Crippen molar-refractivity contribution in [2.24, 2.45) is 0 Å². The Labute approximate surface area is 119 Å². The quantitative estimate of drug-likeness (QED) is 0.801. The summed E-state index contributed by atoms with van der Waals surface area (Å²) >= 11 is 1.41. The first kappa shape index (κ1) is 12.7. The molecular weight excluding hydrogens is 276 g/mol. The van der Waals surface area contributed by atoms with E-state index in [-0.39, 0.29) is 12.3 Å². The zero-order valence-corrected chi connectivity index (χ0v) is 11.6. The lowest BCUT2D eigenvalue weighted by molar-refractivity contribution is -0.115. The number of methoxy groups -OCH3 is 1. The van der Waals surface area contributed by atoms with Crippen molar-refractivity contribution < 1.29 is 13.9 Å². The molecule has 0 aliphatic heterocycles. The van der Waals surface area contributed by atoms with Gasteiger partial charge in [0.05, 0.1) is 30.0 Å². The van der Waals surface area contributed by atoms with Gasteiger partial charge < -0.3 is 14.5 Å². The Morgan fingerprint density at radius 3 is 3.10 bits per heavy atom. The minimum Gasteiger partial charge on any atom is -0.497 e. The average molecular weight is 288 g/mol. The van der Waals surface area contributed by atoms with E-state index in [0.29, 0.717) is 10.9 Å². The van der Waals surface area contributed by atoms with Crippen LogP contribution < -0.4 is 10.1 Å². The first-order valence-electron chi connectivity index (χ1n) is 6.01. The van der Waals surface area contributed by atoms with Crippen molar-refractivity contribution in [3.8, 4) is 5.75 Å². The second-order valence-electron chi connectivity index (χ2n) is 4.16. The van der Waals surface area contributed by atoms with Crippen molar-refractivity contribution in [3.63, 3.8) is 0 Å². The van der Waals surface area contributed by atoms with Crippen molar-refractivity contribution in [1.82, 2.24) is 4.98 Å². The molecule has 20 heavy (non-hydrogen) atoms. The van der Waals surface area contributed by atoms with Gasteiger partial charge in [-0.05, 0) is 30.3 Å². The standard InChI is InChI=1S/C14H12N2O3S/c1-18-9-4-5-11-12(7-9)20-14(15-11)16-13(17)8-10-3-2-6-19-10/h2-7H,8H2,1H3,(H,15,16,17). The highest BCUT2D eigenvalue weighted by Gasteiger charge is 2.10. The molecule has 1 N–H and O–H groups in total. The number of amides is 1. The number of fused-ring (bicyclic) bond motifs is 1. The highest BCUT2D eigenvalue weighted by atomic mass is 32.1. The predicted molar refractivity (Wildman–Crippen MR) is 77.2 cm³/mol. The number of carbonyl (C=O) groups excluding carboxylic acids is 1. The molecule has 1 amide bonds. The molecule has 2 heterocycles. The van der Waals surface area contributed by atoms with E-state index in [4.69, 9.17) is 9.15 Å². The molecule has 0 aliphatic carbocycles. The molecule has 6 heteroatoms. The maximum absolute atomic E-state index is 11.9. The number of anilines is 1. The van der Waals surface area contributed by atoms with Crippen LogP contribution >= 0.6 is 11.3 Å². The van der Waals surface area contributed by atoms with Gasteiger partial charge in [0, 0.05) is 0 Å². The van der Waals surface area contributed by atoms with Crippen LogP contribution in [0.5, 0.6) is 5.75 Å². The van der Waals surface area contributed by atoms with Gasteiger partial charge in [-0.2, -0.15) is 0 Å². The van der Waals surface area contributed by atoms with Crippen molar-refractivity contribution in [2.45, 2.75) is 6.42 Å². The largest absolute Gasteiger partial charge is 0.497 e. The van der Waals surface area contributed by atoms with Crippen LogP contribution in [0.3, 0.4) is 0 Å². The molecule has 5 nitrogen and oxygen atoms in total. The maximum atomic E-state index is 11.9. The first-order chi connectivity index (χ1) is 9.74. The number of hydrogen-bond acceptors (Lipinski definition) is 5. The van der Waals surface area contributed by atoms with Gasteiger partial charge in [-0.15, -0.1) is 0 Å². The van der Waals surface area contributed by atoms with Crippen LogP contribution in [0.2, 0.25) is 0 Å². The van der Waals surface area contributed by atoms with E-state index in [9.17, 15) is 4.79 Å². The number of ether oxygens (including phenoxy) is 1.